The molecule has 108 heavy (non-hydrogen) atoms. The van der Waals surface area contributed by atoms with E-state index in [1.807, 2.05) is 94.4 Å². The van der Waals surface area contributed by atoms with Crippen LogP contribution in [-0.4, -0.2) is 153 Å². The number of hydrogen-bond donors (Lipinski definition) is 9. The summed E-state index contributed by atoms with van der Waals surface area (Å²) in [5, 5.41) is 110. The smallest absolute Gasteiger partial charge is 0.312 e. The second-order valence-corrected chi connectivity index (χ2v) is 45.8. The zero-order valence-corrected chi connectivity index (χ0v) is 71.8. The summed E-state index contributed by atoms with van der Waals surface area (Å²) >= 11 is 9.31. The first-order valence-electron chi connectivity index (χ1n) is 35.7. The van der Waals surface area contributed by atoms with Gasteiger partial charge in [-0.1, -0.05) is 151 Å². The number of Topliss-reactive ketones (excluding diaryl/α,β-unsaturated/α-hetero) is 4. The normalized spacial score (nSPS) is 37.7. The van der Waals surface area contributed by atoms with E-state index in [1.54, 1.807) is 118 Å². The average molecular weight is 1710 g/mol. The van der Waals surface area contributed by atoms with Crippen molar-refractivity contribution >= 4 is 146 Å². The van der Waals surface area contributed by atoms with Crippen LogP contribution in [-0.2, 0) is 145 Å². The van der Waals surface area contributed by atoms with Gasteiger partial charge < -0.3 is 55.4 Å². The molecule has 4 fully saturated rings. The van der Waals surface area contributed by atoms with Crippen molar-refractivity contribution in [2.24, 2.45) is 86.7 Å². The van der Waals surface area contributed by atoms with Crippen LogP contribution >= 0.6 is 17.8 Å². The number of carbonyl (C=O) groups is 6. The lowest BCUT2D eigenvalue weighted by Crippen LogP contribution is -2.67. The lowest BCUT2D eigenvalue weighted by Gasteiger charge is -2.56. The minimum absolute atomic E-state index is 0. The summed E-state index contributed by atoms with van der Waals surface area (Å²) in [5.74, 6) is -8.93. The third kappa shape index (κ3) is 16.1. The highest BCUT2D eigenvalue weighted by Crippen LogP contribution is 2.77. The first kappa shape index (κ1) is 88.5. The summed E-state index contributed by atoms with van der Waals surface area (Å²) in [5.41, 5.74) is -8.07. The molecule has 13 rings (SSSR count). The molecule has 0 aromatic heterocycles. The van der Waals surface area contributed by atoms with E-state index < -0.39 is 133 Å². The minimum atomic E-state index is -1.85. The Balaban J connectivity index is 0.000000192. The Hall–Kier alpha value is -3.46. The van der Waals surface area contributed by atoms with Crippen LogP contribution < -0.4 is 0 Å². The number of allylic oxidation sites excluding steroid dienone is 1. The van der Waals surface area contributed by atoms with Crippen LogP contribution in [0, 0.1) is 76.4 Å². The zero-order chi connectivity index (χ0) is 79.9. The zero-order valence-electron chi connectivity index (χ0n) is 62.5. The van der Waals surface area contributed by atoms with Gasteiger partial charge in [0.05, 0.1) is 62.2 Å². The molecule has 0 bridgehead atoms. The molecule has 22 atom stereocenters. The Morgan fingerprint density at radius 1 is 0.565 bits per heavy atom. The van der Waals surface area contributed by atoms with Gasteiger partial charge >= 0.3 is 11.9 Å². The van der Waals surface area contributed by atoms with Crippen molar-refractivity contribution in [1.29, 1.82) is 1.28 Å². The predicted molar refractivity (Wildman–Crippen MR) is 448 cm³/mol. The van der Waals surface area contributed by atoms with Crippen LogP contribution in [0.25, 0.3) is 0 Å². The molecule has 4 saturated carbocycles. The fourth-order valence-corrected chi connectivity index (χ4v) is 36.5. The van der Waals surface area contributed by atoms with Crippen LogP contribution in [0.4, 0.5) is 0 Å². The van der Waals surface area contributed by atoms with Crippen molar-refractivity contribution in [2.45, 2.75) is 185 Å². The first-order valence-corrected chi connectivity index (χ1v) is 49.5. The first-order chi connectivity index (χ1) is 50.7. The van der Waals surface area contributed by atoms with Crippen molar-refractivity contribution < 1.29 is 84.2 Å². The fraction of sp³-hybridized carbons (Fsp3) is 0.584. The molecule has 2 aromatic rings. The number of nitrogens with zero attached hydrogens (tertiary/aromatic N) is 2. The number of fused-ring (bicyclic) bond motifs is 13. The van der Waals surface area contributed by atoms with E-state index in [2.05, 4.69) is 62.0 Å². The van der Waals surface area contributed by atoms with E-state index in [-0.39, 0.29) is 110 Å². The summed E-state index contributed by atoms with van der Waals surface area (Å²) in [6.45, 7) is 23.0. The van der Waals surface area contributed by atoms with Crippen molar-refractivity contribution in [2.75, 3.05) is 19.8 Å². The monoisotopic (exact) mass is 1710 g/mol. The maximum Gasteiger partial charge on any atom is 0.312 e. The molecule has 1 aliphatic heterocycles. The third-order valence-electron chi connectivity index (χ3n) is 24.7. The third-order valence-corrected chi connectivity index (χ3v) is 40.3. The lowest BCUT2D eigenvalue weighted by atomic mass is 9.52. The summed E-state index contributed by atoms with van der Waals surface area (Å²) in [7, 11) is 15.2. The highest BCUT2D eigenvalue weighted by Gasteiger charge is 2.83. The summed E-state index contributed by atoms with van der Waals surface area (Å²) in [6, 6.07) is 18.8. The number of hydrogen-bond acceptors (Lipinski definition) is 21. The Labute approximate surface area is 671 Å². The molecule has 10 aliphatic carbocycles. The van der Waals surface area contributed by atoms with Crippen molar-refractivity contribution in [3.8, 4) is 0 Å². The SMILES string of the molecule is C.C=C(C)[C@@H]1C(=O)C[C@@H](C)[C@@]2(O)[C@H]1C=C(CO)C[C@]1(O)C(=O)C(C)=C[C@@H]21.CC1=C[C@H]2[C@@]3(O)[C@H](C)C[C@@]4(OC(=O)Cc5ccccc5)N=NC(C)(C)[C@H]4[C@@H]3C=C(CO)C[C@]2(O)C1=O.CC1=C[C@H]2[C@@]3(O)[C@H](C)C[C@]4(OC(=O)Cc5ccccc5)[C@H]([C@@H]3C=C(CO)C[C@]2(O)C1=O)C4(C)C.S=S=S=S=S=S=S=S=S=S.[2H]PP. The topological polar surface area (TPSA) is 328 Å². The molecule has 1 heterocycles. The standard InChI is InChI=1S/C28H34N2O6.C28H34O6.C20H26O5.CH4.H4P2.S10/c1-16-10-21-26(34,24(16)33)14-19(15-31)11-20-23-25(3,4)29-30-27(23,13-17(2)28(20,21)35)36-22(32)12-18-8-6-5-7-9-18;1-16-10-21-26(32,24(16)31)14-19(15-29)11-20-23-25(3,4)27(23,13-17(2)28(20,21)33)34-22(30)12-18-8-6-5-7-9-18;1-10(2)17-14-7-13(9-21)8-19(24)16(5-11(3)18(19)23)20(14,25)12(4)6-15(17)22;;1-2;1-3-5-7-9-10-8-6-4-2/h5-11,17,20-21,23,31,34-35H,12-15H2,1-4H3;5-11,17,20-21,23,29,32-33H,12-15H2,1-4H3;5,7,12,14,16-17,21,24-25H,1,6,8-9H2,2-4H3;1H4;1-2H2;/t2*17-,20+,21-,23-,26-,27+,28-;12-,14+,16-,17+,19-,20-;;;/m111.../s1/i;;;;1D;. The van der Waals surface area contributed by atoms with Crippen molar-refractivity contribution in [3.63, 3.8) is 0 Å². The number of aliphatic hydroxyl groups is 9. The van der Waals surface area contributed by atoms with E-state index in [1.165, 1.54) is 17.8 Å². The number of carbonyl (C=O) groups excluding carboxylic acids is 6. The van der Waals surface area contributed by atoms with Gasteiger partial charge in [0, 0.05) is 178 Å². The van der Waals surface area contributed by atoms with Gasteiger partial charge in [0.25, 0.3) is 0 Å². The van der Waals surface area contributed by atoms with Crippen LogP contribution in [0.1, 0.15) is 133 Å². The number of rotatable bonds is 10. The maximum absolute atomic E-state index is 13.1. The largest absolute Gasteiger partial charge is 0.458 e. The van der Waals surface area contributed by atoms with Gasteiger partial charge in [-0.05, 0) is 110 Å². The van der Waals surface area contributed by atoms with E-state index in [0.29, 0.717) is 45.4 Å². The highest BCUT2D eigenvalue weighted by molar-refractivity contribution is 8.73. The van der Waals surface area contributed by atoms with E-state index in [0.717, 1.165) is 11.1 Å². The van der Waals surface area contributed by atoms with Crippen LogP contribution in [0.5, 0.6) is 0 Å². The van der Waals surface area contributed by atoms with Crippen LogP contribution in [0.2, 0.25) is 0 Å². The molecule has 0 spiro atoms. The van der Waals surface area contributed by atoms with Gasteiger partial charge in [0.1, 0.15) is 28.2 Å². The van der Waals surface area contributed by atoms with Gasteiger partial charge in [-0.25, -0.2) is 0 Å². The number of benzene rings is 2. The van der Waals surface area contributed by atoms with E-state index in [4.69, 9.17) is 10.8 Å². The molecule has 0 radical (unpaired) electrons. The van der Waals surface area contributed by atoms with Crippen LogP contribution in [0.15, 0.2) is 153 Å². The Bertz CT molecular complexity index is 4530. The number of azo groups is 1. The second kappa shape index (κ2) is 34.9. The Morgan fingerprint density at radius 3 is 1.31 bits per heavy atom. The summed E-state index contributed by atoms with van der Waals surface area (Å²) < 4.78 is 18.6. The quantitative estimate of drug-likeness (QED) is 0.0614. The minimum Gasteiger partial charge on any atom is -0.458 e. The Kier molecular flexibility index (Phi) is 28.6. The highest BCUT2D eigenvalue weighted by atomic mass is 33.4. The van der Waals surface area contributed by atoms with E-state index >= 15 is 0 Å². The molecular formula is C77H102N2O17P2S10. The summed E-state index contributed by atoms with van der Waals surface area (Å²) in [4.78, 5) is 77.6. The summed E-state index contributed by atoms with van der Waals surface area (Å²) in [6.07, 6.45) is 11.3. The molecule has 0 saturated heterocycles. The van der Waals surface area contributed by atoms with Gasteiger partial charge in [-0.2, -0.15) is 5.11 Å². The average Bonchev–Trinajstić information content (AvgIpc) is 1.47. The fourth-order valence-electron chi connectivity index (χ4n) is 20.1. The molecule has 592 valence electrons. The second-order valence-electron chi connectivity index (χ2n) is 31.6. The molecule has 9 N–H and O–H groups in total. The lowest BCUT2D eigenvalue weighted by molar-refractivity contribution is -0.225. The van der Waals surface area contributed by atoms with Gasteiger partial charge in [-0.3, -0.25) is 28.8 Å². The van der Waals surface area contributed by atoms with E-state index in [9.17, 15) is 74.7 Å². The Morgan fingerprint density at radius 2 is 0.926 bits per heavy atom. The van der Waals surface area contributed by atoms with Crippen molar-refractivity contribution in [1.82, 2.24) is 0 Å². The number of ketones is 4. The molecular weight excluding hydrogens is 1610 g/mol. The van der Waals surface area contributed by atoms with Gasteiger partial charge in [0.2, 0.25) is 5.72 Å². The number of esters is 2. The molecule has 0 amide bonds. The maximum atomic E-state index is 13.1. The predicted octanol–water partition coefficient (Wildman–Crippen LogP) is 8.27. The molecule has 11 aliphatic rings. The number of ether oxygens (including phenoxy) is 2. The van der Waals surface area contributed by atoms with Crippen molar-refractivity contribution in [3.05, 3.63) is 154 Å². The van der Waals surface area contributed by atoms with Gasteiger partial charge in [0.15, 0.2) is 17.3 Å². The van der Waals surface area contributed by atoms with Crippen LogP contribution in [0.3, 0.4) is 0 Å². The molecule has 31 heteroatoms. The molecule has 2 unspecified atom stereocenters. The van der Waals surface area contributed by atoms with Gasteiger partial charge in [-0.15, -0.1) is 22.9 Å². The molecule has 19 nitrogen and oxygen atoms in total. The number of aliphatic hydroxyl groups excluding tert-OH is 3. The molecule has 2 aromatic carbocycles.